The van der Waals surface area contributed by atoms with Crippen LogP contribution in [-0.4, -0.2) is 18.4 Å². The Morgan fingerprint density at radius 2 is 2.00 bits per heavy atom. The first-order chi connectivity index (χ1) is 8.02. The first kappa shape index (κ1) is 13.8. The lowest BCUT2D eigenvalue weighted by atomic mass is 10.0. The van der Waals surface area contributed by atoms with Crippen molar-refractivity contribution < 1.29 is 18.7 Å². The fourth-order valence-electron chi connectivity index (χ4n) is 1.40. The molecule has 17 heavy (non-hydrogen) atoms. The Kier molecular flexibility index (Phi) is 4.81. The van der Waals surface area contributed by atoms with Gasteiger partial charge in [-0.3, -0.25) is 4.79 Å². The Bertz CT molecular complexity index is 457. The van der Waals surface area contributed by atoms with Crippen LogP contribution in [0.25, 0.3) is 0 Å². The average Bonchev–Trinajstić information content (AvgIpc) is 2.29. The first-order valence-corrected chi connectivity index (χ1v) is 6.00. The van der Waals surface area contributed by atoms with Crippen LogP contribution in [0.5, 0.6) is 0 Å². The van der Waals surface area contributed by atoms with Gasteiger partial charge in [-0.15, -0.1) is 0 Å². The topological polar surface area (TPSA) is 43.4 Å². The van der Waals surface area contributed by atoms with Crippen molar-refractivity contribution in [1.29, 1.82) is 0 Å². The SMILES string of the molecule is CCOC(=O)C(=O)c1ccc(Br)c(CC)c1F. The molecule has 0 aliphatic carbocycles. The van der Waals surface area contributed by atoms with Gasteiger partial charge in [-0.2, -0.15) is 0 Å². The summed E-state index contributed by atoms with van der Waals surface area (Å²) in [7, 11) is 0. The van der Waals surface area contributed by atoms with E-state index in [1.54, 1.807) is 19.9 Å². The fourth-order valence-corrected chi connectivity index (χ4v) is 1.99. The fraction of sp³-hybridized carbons (Fsp3) is 0.333. The molecule has 0 aromatic heterocycles. The normalized spacial score (nSPS) is 10.1. The van der Waals surface area contributed by atoms with Gasteiger partial charge in [-0.25, -0.2) is 9.18 Å². The standard InChI is InChI=1S/C12H12BrFO3/c1-3-7-9(13)6-5-8(10(7)14)11(15)12(16)17-4-2/h5-6H,3-4H2,1-2H3. The molecule has 92 valence electrons. The van der Waals surface area contributed by atoms with Gasteiger partial charge < -0.3 is 4.74 Å². The maximum atomic E-state index is 13.9. The molecule has 0 fully saturated rings. The van der Waals surface area contributed by atoms with Gasteiger partial charge in [0.2, 0.25) is 0 Å². The lowest BCUT2D eigenvalue weighted by molar-refractivity contribution is -0.137. The maximum Gasteiger partial charge on any atom is 0.379 e. The zero-order valence-corrected chi connectivity index (χ0v) is 11.1. The van der Waals surface area contributed by atoms with Crippen LogP contribution in [0.15, 0.2) is 16.6 Å². The van der Waals surface area contributed by atoms with Crippen LogP contribution in [-0.2, 0) is 16.0 Å². The molecule has 0 radical (unpaired) electrons. The number of benzene rings is 1. The van der Waals surface area contributed by atoms with Crippen molar-refractivity contribution in [2.75, 3.05) is 6.61 Å². The van der Waals surface area contributed by atoms with E-state index < -0.39 is 17.6 Å². The van der Waals surface area contributed by atoms with Gasteiger partial charge in [0.1, 0.15) is 5.82 Å². The molecule has 0 saturated carbocycles. The summed E-state index contributed by atoms with van der Waals surface area (Å²) in [5.74, 6) is -2.65. The minimum absolute atomic E-state index is 0.0867. The quantitative estimate of drug-likeness (QED) is 0.488. The van der Waals surface area contributed by atoms with Crippen molar-refractivity contribution in [2.24, 2.45) is 0 Å². The van der Waals surface area contributed by atoms with Crippen LogP contribution in [0.3, 0.4) is 0 Å². The van der Waals surface area contributed by atoms with Gasteiger partial charge in [0, 0.05) is 10.0 Å². The van der Waals surface area contributed by atoms with Crippen molar-refractivity contribution in [3.05, 3.63) is 33.5 Å². The summed E-state index contributed by atoms with van der Waals surface area (Å²) in [5.41, 5.74) is 0.128. The predicted octanol–water partition coefficient (Wildman–Crippen LogP) is 2.90. The minimum atomic E-state index is -1.03. The van der Waals surface area contributed by atoms with E-state index in [2.05, 4.69) is 20.7 Å². The Morgan fingerprint density at radius 1 is 1.35 bits per heavy atom. The number of Topliss-reactive ketones (excluding diaryl/α,β-unsaturated/α-hetero) is 1. The summed E-state index contributed by atoms with van der Waals surface area (Å²) in [5, 5.41) is 0. The van der Waals surface area contributed by atoms with E-state index in [0.717, 1.165) is 0 Å². The van der Waals surface area contributed by atoms with Crippen molar-refractivity contribution in [3.8, 4) is 0 Å². The molecule has 0 atom stereocenters. The summed E-state index contributed by atoms with van der Waals surface area (Å²) in [4.78, 5) is 22.8. The van der Waals surface area contributed by atoms with Crippen LogP contribution in [0.2, 0.25) is 0 Å². The number of esters is 1. The zero-order chi connectivity index (χ0) is 13.0. The Balaban J connectivity index is 3.15. The molecule has 0 N–H and O–H groups in total. The first-order valence-electron chi connectivity index (χ1n) is 5.21. The van der Waals surface area contributed by atoms with Gasteiger partial charge in [0.25, 0.3) is 5.78 Å². The number of hydrogen-bond donors (Lipinski definition) is 0. The Morgan fingerprint density at radius 3 is 2.53 bits per heavy atom. The molecule has 0 amide bonds. The lowest BCUT2D eigenvalue weighted by Gasteiger charge is -2.07. The monoisotopic (exact) mass is 302 g/mol. The summed E-state index contributed by atoms with van der Waals surface area (Å²) in [6, 6.07) is 2.83. The van der Waals surface area contributed by atoms with E-state index in [9.17, 15) is 14.0 Å². The molecule has 0 saturated heterocycles. The molecule has 1 rings (SSSR count). The van der Waals surface area contributed by atoms with Gasteiger partial charge >= 0.3 is 5.97 Å². The number of hydrogen-bond acceptors (Lipinski definition) is 3. The zero-order valence-electron chi connectivity index (χ0n) is 9.55. The van der Waals surface area contributed by atoms with E-state index in [1.807, 2.05) is 0 Å². The highest BCUT2D eigenvalue weighted by Crippen LogP contribution is 2.23. The van der Waals surface area contributed by atoms with Crippen molar-refractivity contribution in [1.82, 2.24) is 0 Å². The highest BCUT2D eigenvalue weighted by molar-refractivity contribution is 9.10. The van der Waals surface area contributed by atoms with E-state index in [4.69, 9.17) is 0 Å². The Hall–Kier alpha value is -1.23. The number of ether oxygens (including phenoxy) is 1. The molecule has 0 spiro atoms. The van der Waals surface area contributed by atoms with E-state index in [-0.39, 0.29) is 12.2 Å². The van der Waals surface area contributed by atoms with Gasteiger partial charge in [0.05, 0.1) is 12.2 Å². The van der Waals surface area contributed by atoms with Gasteiger partial charge in [-0.05, 0) is 25.5 Å². The molecule has 0 bridgehead atoms. The molecule has 3 nitrogen and oxygen atoms in total. The maximum absolute atomic E-state index is 13.9. The van der Waals surface area contributed by atoms with E-state index in [0.29, 0.717) is 16.5 Å². The molecule has 5 heteroatoms. The van der Waals surface area contributed by atoms with Gasteiger partial charge in [-0.1, -0.05) is 22.9 Å². The number of ketones is 1. The number of carbonyl (C=O) groups excluding carboxylic acids is 2. The van der Waals surface area contributed by atoms with Crippen LogP contribution >= 0.6 is 15.9 Å². The van der Waals surface area contributed by atoms with Crippen molar-refractivity contribution in [3.63, 3.8) is 0 Å². The van der Waals surface area contributed by atoms with Gasteiger partial charge in [0.15, 0.2) is 0 Å². The Labute approximate surface area is 107 Å². The number of rotatable bonds is 4. The summed E-state index contributed by atoms with van der Waals surface area (Å²) in [6.07, 6.45) is 0.427. The van der Waals surface area contributed by atoms with Crippen LogP contribution in [0.1, 0.15) is 29.8 Å². The van der Waals surface area contributed by atoms with Crippen LogP contribution in [0, 0.1) is 5.82 Å². The lowest BCUT2D eigenvalue weighted by Crippen LogP contribution is -2.19. The second kappa shape index (κ2) is 5.91. The predicted molar refractivity (Wildman–Crippen MR) is 64.4 cm³/mol. The number of carbonyl (C=O) groups is 2. The van der Waals surface area contributed by atoms with E-state index >= 15 is 0 Å². The van der Waals surface area contributed by atoms with E-state index in [1.165, 1.54) is 6.07 Å². The molecular weight excluding hydrogens is 291 g/mol. The van der Waals surface area contributed by atoms with Crippen molar-refractivity contribution >= 4 is 27.7 Å². The molecule has 0 unspecified atom stereocenters. The average molecular weight is 303 g/mol. The molecule has 0 heterocycles. The van der Waals surface area contributed by atoms with Crippen LogP contribution in [0.4, 0.5) is 4.39 Å². The third-order valence-corrected chi connectivity index (χ3v) is 2.99. The van der Waals surface area contributed by atoms with Crippen molar-refractivity contribution in [2.45, 2.75) is 20.3 Å². The summed E-state index contributed by atoms with van der Waals surface area (Å²) in [6.45, 7) is 3.44. The summed E-state index contributed by atoms with van der Waals surface area (Å²) < 4.78 is 19.1. The second-order valence-corrected chi connectivity index (χ2v) is 4.14. The third-order valence-electron chi connectivity index (χ3n) is 2.25. The second-order valence-electron chi connectivity index (χ2n) is 3.29. The highest BCUT2D eigenvalue weighted by atomic mass is 79.9. The summed E-state index contributed by atoms with van der Waals surface area (Å²) >= 11 is 3.19. The smallest absolute Gasteiger partial charge is 0.379 e. The molecule has 0 aliphatic rings. The molecule has 0 aliphatic heterocycles. The number of halogens is 2. The molecule has 1 aromatic carbocycles. The third kappa shape index (κ3) is 2.91. The molecular formula is C12H12BrFO3. The largest absolute Gasteiger partial charge is 0.460 e. The highest BCUT2D eigenvalue weighted by Gasteiger charge is 2.23. The van der Waals surface area contributed by atoms with Crippen LogP contribution < -0.4 is 0 Å². The molecule has 1 aromatic rings. The minimum Gasteiger partial charge on any atom is -0.460 e.